The van der Waals surface area contributed by atoms with Gasteiger partial charge in [0.2, 0.25) is 0 Å². The summed E-state index contributed by atoms with van der Waals surface area (Å²) in [4.78, 5) is 6.25. The van der Waals surface area contributed by atoms with E-state index in [1.165, 1.54) is 27.0 Å². The number of nitrogens with zero attached hydrogens (tertiary/aromatic N) is 1. The van der Waals surface area contributed by atoms with E-state index in [2.05, 4.69) is 68.2 Å². The number of thioether (sulfide) groups is 1. The Morgan fingerprint density at radius 3 is 2.48 bits per heavy atom. The number of hydrogen-bond donors (Lipinski definition) is 1. The fourth-order valence-electron chi connectivity index (χ4n) is 2.52. The van der Waals surface area contributed by atoms with E-state index in [4.69, 9.17) is 0 Å². The molecule has 4 heteroatoms. The second kappa shape index (κ2) is 6.27. The Bertz CT molecular complexity index is 792. The van der Waals surface area contributed by atoms with E-state index in [-0.39, 0.29) is 5.41 Å². The molecule has 0 saturated carbocycles. The van der Waals surface area contributed by atoms with E-state index in [0.717, 1.165) is 4.88 Å². The topological polar surface area (TPSA) is 33.1 Å². The molecular formula is C19H21NOS2. The molecule has 2 nitrogen and oxygen atoms in total. The highest BCUT2D eigenvalue weighted by molar-refractivity contribution is 7.99. The summed E-state index contributed by atoms with van der Waals surface area (Å²) in [5.41, 5.74) is 0.626. The van der Waals surface area contributed by atoms with Crippen molar-refractivity contribution in [1.82, 2.24) is 4.98 Å². The molecule has 0 aliphatic rings. The lowest BCUT2D eigenvalue weighted by molar-refractivity contribution is -0.0392. The van der Waals surface area contributed by atoms with Crippen molar-refractivity contribution < 1.29 is 5.11 Å². The van der Waals surface area contributed by atoms with Crippen LogP contribution in [0.2, 0.25) is 0 Å². The van der Waals surface area contributed by atoms with Crippen LogP contribution in [0.25, 0.3) is 10.8 Å². The molecule has 1 atom stereocenters. The fourth-order valence-corrected chi connectivity index (χ4v) is 4.88. The van der Waals surface area contributed by atoms with Gasteiger partial charge in [0.15, 0.2) is 0 Å². The molecule has 0 fully saturated rings. The minimum atomic E-state index is -0.898. The van der Waals surface area contributed by atoms with Gasteiger partial charge in [-0.3, -0.25) is 4.98 Å². The van der Waals surface area contributed by atoms with Crippen molar-refractivity contribution in [2.24, 2.45) is 5.41 Å². The van der Waals surface area contributed by atoms with E-state index < -0.39 is 5.60 Å². The van der Waals surface area contributed by atoms with Crippen molar-refractivity contribution in [3.8, 4) is 0 Å². The predicted octanol–water partition coefficient (Wildman–Crippen LogP) is 5.32. The van der Waals surface area contributed by atoms with Crippen molar-refractivity contribution in [1.29, 1.82) is 0 Å². The van der Waals surface area contributed by atoms with Crippen LogP contribution in [-0.4, -0.2) is 15.8 Å². The first kappa shape index (κ1) is 16.5. The van der Waals surface area contributed by atoms with Crippen LogP contribution in [0.15, 0.2) is 59.1 Å². The summed E-state index contributed by atoms with van der Waals surface area (Å²) in [6.45, 7) is 6.23. The first-order valence-corrected chi connectivity index (χ1v) is 9.50. The maximum atomic E-state index is 11.3. The van der Waals surface area contributed by atoms with E-state index in [1.54, 1.807) is 23.5 Å². The van der Waals surface area contributed by atoms with Gasteiger partial charge in [-0.25, -0.2) is 0 Å². The highest BCUT2D eigenvalue weighted by atomic mass is 32.2. The van der Waals surface area contributed by atoms with Gasteiger partial charge in [0.05, 0.1) is 10.4 Å². The van der Waals surface area contributed by atoms with E-state index >= 15 is 0 Å². The molecule has 3 rings (SSSR count). The van der Waals surface area contributed by atoms with Gasteiger partial charge in [-0.05, 0) is 28.3 Å². The number of aromatic nitrogens is 1. The smallest absolute Gasteiger partial charge is 0.114 e. The Hall–Kier alpha value is -1.36. The zero-order chi connectivity index (χ0) is 16.5. The average Bonchev–Trinajstić information content (AvgIpc) is 3.06. The molecule has 1 unspecified atom stereocenters. The van der Waals surface area contributed by atoms with Gasteiger partial charge in [0.25, 0.3) is 0 Å². The molecule has 2 aromatic carbocycles. The average molecular weight is 344 g/mol. The minimum Gasteiger partial charge on any atom is -0.383 e. The van der Waals surface area contributed by atoms with Crippen molar-refractivity contribution in [3.63, 3.8) is 0 Å². The minimum absolute atomic E-state index is 0.261. The summed E-state index contributed by atoms with van der Waals surface area (Å²) in [6, 6.07) is 14.8. The molecule has 1 heterocycles. The SMILES string of the molecule is CC(C)(C)C(O)(CSc1ccc2ccccc2c1)c1cncs1. The number of rotatable bonds is 4. The number of hydrogen-bond acceptors (Lipinski definition) is 4. The Morgan fingerprint density at radius 2 is 1.83 bits per heavy atom. The van der Waals surface area contributed by atoms with Crippen LogP contribution >= 0.6 is 23.1 Å². The van der Waals surface area contributed by atoms with Gasteiger partial charge in [0, 0.05) is 16.8 Å². The molecule has 0 saturated heterocycles. The molecule has 0 aliphatic carbocycles. The highest BCUT2D eigenvalue weighted by Crippen LogP contribution is 2.44. The normalized spacial score (nSPS) is 14.8. The van der Waals surface area contributed by atoms with Crippen molar-refractivity contribution in [2.75, 3.05) is 5.75 Å². The lowest BCUT2D eigenvalue weighted by Crippen LogP contribution is -2.41. The van der Waals surface area contributed by atoms with Crippen LogP contribution in [0.3, 0.4) is 0 Å². The summed E-state index contributed by atoms with van der Waals surface area (Å²) in [5, 5.41) is 13.8. The lowest BCUT2D eigenvalue weighted by atomic mass is 9.77. The Morgan fingerprint density at radius 1 is 1.09 bits per heavy atom. The molecule has 0 radical (unpaired) electrons. The molecular weight excluding hydrogens is 322 g/mol. The zero-order valence-corrected chi connectivity index (χ0v) is 15.2. The van der Waals surface area contributed by atoms with Crippen LogP contribution in [0.1, 0.15) is 25.6 Å². The molecule has 1 aromatic heterocycles. The molecule has 1 N–H and O–H groups in total. The quantitative estimate of drug-likeness (QED) is 0.651. The van der Waals surface area contributed by atoms with Crippen LogP contribution in [0, 0.1) is 5.41 Å². The Kier molecular flexibility index (Phi) is 4.50. The number of fused-ring (bicyclic) bond motifs is 1. The van der Waals surface area contributed by atoms with Gasteiger partial charge < -0.3 is 5.11 Å². The first-order valence-electron chi connectivity index (χ1n) is 7.63. The molecule has 120 valence electrons. The third-order valence-corrected chi connectivity index (χ3v) is 6.32. The van der Waals surface area contributed by atoms with Gasteiger partial charge >= 0.3 is 0 Å². The lowest BCUT2D eigenvalue weighted by Gasteiger charge is -2.39. The molecule has 0 aliphatic heterocycles. The molecule has 0 amide bonds. The standard InChI is InChI=1S/C19H21NOS2/c1-18(2,3)19(21,17-11-20-13-23-17)12-22-16-9-8-14-6-4-5-7-15(14)10-16/h4-11,13,21H,12H2,1-3H3. The largest absolute Gasteiger partial charge is 0.383 e. The molecule has 0 bridgehead atoms. The maximum absolute atomic E-state index is 11.3. The van der Waals surface area contributed by atoms with Crippen LogP contribution in [-0.2, 0) is 5.60 Å². The number of thiazole rings is 1. The first-order chi connectivity index (χ1) is 10.9. The van der Waals surface area contributed by atoms with Gasteiger partial charge in [-0.2, -0.15) is 0 Å². The second-order valence-electron chi connectivity index (χ2n) is 6.77. The summed E-state index contributed by atoms with van der Waals surface area (Å²) < 4.78 is 0. The summed E-state index contributed by atoms with van der Waals surface area (Å²) in [5.74, 6) is 0.608. The molecule has 0 spiro atoms. The second-order valence-corrected chi connectivity index (χ2v) is 8.71. The van der Waals surface area contributed by atoms with E-state index in [0.29, 0.717) is 5.75 Å². The predicted molar refractivity (Wildman–Crippen MR) is 100 cm³/mol. The molecule has 3 aromatic rings. The Labute approximate surface area is 145 Å². The van der Waals surface area contributed by atoms with E-state index in [9.17, 15) is 5.11 Å². The van der Waals surface area contributed by atoms with Gasteiger partial charge in [-0.1, -0.05) is 51.1 Å². The molecule has 23 heavy (non-hydrogen) atoms. The van der Waals surface area contributed by atoms with E-state index in [1.807, 2.05) is 0 Å². The monoisotopic (exact) mass is 343 g/mol. The fraction of sp³-hybridized carbons (Fsp3) is 0.316. The van der Waals surface area contributed by atoms with Crippen molar-refractivity contribution in [2.45, 2.75) is 31.3 Å². The van der Waals surface area contributed by atoms with Crippen molar-refractivity contribution >= 4 is 33.9 Å². The zero-order valence-electron chi connectivity index (χ0n) is 13.6. The van der Waals surface area contributed by atoms with Crippen molar-refractivity contribution in [3.05, 3.63) is 59.0 Å². The Balaban J connectivity index is 1.86. The van der Waals surface area contributed by atoms with Crippen LogP contribution in [0.5, 0.6) is 0 Å². The summed E-state index contributed by atoms with van der Waals surface area (Å²) in [6.07, 6.45) is 1.79. The third kappa shape index (κ3) is 3.30. The van der Waals surface area contributed by atoms with Gasteiger partial charge in [-0.15, -0.1) is 23.1 Å². The maximum Gasteiger partial charge on any atom is 0.114 e. The summed E-state index contributed by atoms with van der Waals surface area (Å²) in [7, 11) is 0. The number of aliphatic hydroxyl groups is 1. The van der Waals surface area contributed by atoms with Crippen LogP contribution < -0.4 is 0 Å². The third-order valence-electron chi connectivity index (χ3n) is 4.25. The number of benzene rings is 2. The summed E-state index contributed by atoms with van der Waals surface area (Å²) >= 11 is 3.22. The highest BCUT2D eigenvalue weighted by Gasteiger charge is 2.42. The van der Waals surface area contributed by atoms with Gasteiger partial charge in [0.1, 0.15) is 5.60 Å². The van der Waals surface area contributed by atoms with Crippen LogP contribution in [0.4, 0.5) is 0 Å².